The first-order valence-corrected chi connectivity index (χ1v) is 12.2. The van der Waals surface area contributed by atoms with Gasteiger partial charge in [0, 0.05) is 37.4 Å². The van der Waals surface area contributed by atoms with E-state index in [4.69, 9.17) is 11.1 Å². The van der Waals surface area contributed by atoms with Gasteiger partial charge in [-0.3, -0.25) is 10.2 Å². The lowest BCUT2D eigenvalue weighted by Crippen LogP contribution is -2.35. The van der Waals surface area contributed by atoms with Gasteiger partial charge in [-0.15, -0.1) is 0 Å². The maximum absolute atomic E-state index is 13.0. The van der Waals surface area contributed by atoms with Crippen molar-refractivity contribution in [2.24, 2.45) is 5.73 Å². The van der Waals surface area contributed by atoms with Crippen molar-refractivity contribution >= 4 is 5.91 Å². The number of aliphatic hydroxyl groups excluding tert-OH is 1. The van der Waals surface area contributed by atoms with E-state index < -0.39 is 6.10 Å². The molecule has 0 radical (unpaired) electrons. The summed E-state index contributed by atoms with van der Waals surface area (Å²) in [5, 5.41) is 22.2. The summed E-state index contributed by atoms with van der Waals surface area (Å²) in [5.41, 5.74) is 9.95. The van der Waals surface area contributed by atoms with E-state index in [0.717, 1.165) is 30.4 Å². The first kappa shape index (κ1) is 24.9. The van der Waals surface area contributed by atoms with Crippen molar-refractivity contribution in [1.29, 1.82) is 5.41 Å². The van der Waals surface area contributed by atoms with E-state index >= 15 is 0 Å². The maximum Gasteiger partial charge on any atom is 0.253 e. The molecule has 3 aromatic rings. The number of nitrogens with zero attached hydrogens (tertiary/aromatic N) is 2. The van der Waals surface area contributed by atoms with Gasteiger partial charge in [-0.25, -0.2) is 0 Å². The SMILES string of the molecule is CC(N)n1cc(CN(C)C(=O)c2ccc(C[C@@H]3CC[C@H]([C@H](O)c4ccccc4)N3)cc2)ccc1=N. The van der Waals surface area contributed by atoms with Crippen LogP contribution in [-0.2, 0) is 13.0 Å². The molecular formula is C28H35N5O2. The summed E-state index contributed by atoms with van der Waals surface area (Å²) in [6.45, 7) is 2.26. The van der Waals surface area contributed by atoms with Gasteiger partial charge < -0.3 is 25.6 Å². The summed E-state index contributed by atoms with van der Waals surface area (Å²) in [6.07, 6.45) is 3.83. The fraction of sp³-hybridized carbons (Fsp3) is 0.357. The van der Waals surface area contributed by atoms with Gasteiger partial charge in [-0.2, -0.15) is 0 Å². The number of carbonyl (C=O) groups excluding carboxylic acids is 1. The molecule has 1 aliphatic rings. The number of amides is 1. The lowest BCUT2D eigenvalue weighted by atomic mass is 10.0. The van der Waals surface area contributed by atoms with Gasteiger partial charge in [-0.05, 0) is 61.1 Å². The summed E-state index contributed by atoms with van der Waals surface area (Å²) in [4.78, 5) is 14.6. The second kappa shape index (κ2) is 11.0. The van der Waals surface area contributed by atoms with Crippen molar-refractivity contribution in [2.45, 2.75) is 57.1 Å². The molecule has 1 fully saturated rings. The van der Waals surface area contributed by atoms with Crippen molar-refractivity contribution in [2.75, 3.05) is 7.05 Å². The second-order valence-electron chi connectivity index (χ2n) is 9.54. The fourth-order valence-electron chi connectivity index (χ4n) is 4.77. The first-order chi connectivity index (χ1) is 16.8. The molecule has 7 heteroatoms. The Balaban J connectivity index is 1.33. The molecule has 0 spiro atoms. The third kappa shape index (κ3) is 6.06. The monoisotopic (exact) mass is 473 g/mol. The first-order valence-electron chi connectivity index (χ1n) is 12.2. The third-order valence-corrected chi connectivity index (χ3v) is 6.72. The molecule has 2 aromatic carbocycles. The number of benzene rings is 2. The Morgan fingerprint density at radius 3 is 2.49 bits per heavy atom. The zero-order chi connectivity index (χ0) is 24.9. The Labute approximate surface area is 206 Å². The Bertz CT molecular complexity index is 1190. The van der Waals surface area contributed by atoms with Crippen LogP contribution in [0, 0.1) is 5.41 Å². The largest absolute Gasteiger partial charge is 0.387 e. The molecule has 0 saturated carbocycles. The van der Waals surface area contributed by atoms with Crippen molar-refractivity contribution in [3.05, 3.63) is 101 Å². The molecule has 5 N–H and O–H groups in total. The molecular weight excluding hydrogens is 438 g/mol. The average Bonchev–Trinajstić information content (AvgIpc) is 3.33. The standard InChI is InChI=1S/C28H35N5O2/c1-19(29)33-18-21(10-15-26(33)30)17-32(2)28(35)23-11-8-20(9-12-23)16-24-13-14-25(31-24)27(34)22-6-4-3-5-7-22/h3-12,15,18-19,24-25,27,30-31,34H,13-14,16-17,29H2,1-2H3/t19?,24-,25+,27+/m0/s1. The third-order valence-electron chi connectivity index (χ3n) is 6.72. The summed E-state index contributed by atoms with van der Waals surface area (Å²) in [7, 11) is 1.78. The van der Waals surface area contributed by atoms with Crippen LogP contribution in [-0.4, -0.2) is 39.6 Å². The summed E-state index contributed by atoms with van der Waals surface area (Å²) >= 11 is 0. The van der Waals surface area contributed by atoms with Gasteiger partial charge in [0.05, 0.1) is 12.3 Å². The molecule has 0 aliphatic carbocycles. The van der Waals surface area contributed by atoms with Crippen LogP contribution >= 0.6 is 0 Å². The van der Waals surface area contributed by atoms with Gasteiger partial charge in [0.15, 0.2) is 0 Å². The summed E-state index contributed by atoms with van der Waals surface area (Å²) in [6, 6.07) is 21.5. The fourth-order valence-corrected chi connectivity index (χ4v) is 4.77. The van der Waals surface area contributed by atoms with Crippen molar-refractivity contribution < 1.29 is 9.90 Å². The van der Waals surface area contributed by atoms with E-state index in [0.29, 0.717) is 23.6 Å². The highest BCUT2D eigenvalue weighted by Gasteiger charge is 2.29. The van der Waals surface area contributed by atoms with E-state index in [2.05, 4.69) is 5.32 Å². The second-order valence-corrected chi connectivity index (χ2v) is 9.54. The van der Waals surface area contributed by atoms with E-state index in [1.807, 2.05) is 73.8 Å². The van der Waals surface area contributed by atoms with Gasteiger partial charge >= 0.3 is 0 Å². The number of nitrogens with two attached hydrogens (primary N) is 1. The van der Waals surface area contributed by atoms with Gasteiger partial charge in [0.2, 0.25) is 0 Å². The summed E-state index contributed by atoms with van der Waals surface area (Å²) in [5.74, 6) is -0.0520. The van der Waals surface area contributed by atoms with E-state index in [1.165, 1.54) is 5.56 Å². The zero-order valence-electron chi connectivity index (χ0n) is 20.4. The van der Waals surface area contributed by atoms with Gasteiger partial charge in [-0.1, -0.05) is 48.5 Å². The van der Waals surface area contributed by atoms with Crippen molar-refractivity contribution in [3.8, 4) is 0 Å². The van der Waals surface area contributed by atoms with E-state index in [-0.39, 0.29) is 18.1 Å². The van der Waals surface area contributed by atoms with Gasteiger partial charge in [0.25, 0.3) is 5.91 Å². The Hall–Kier alpha value is -3.26. The van der Waals surface area contributed by atoms with Crippen LogP contribution in [0.3, 0.4) is 0 Å². The summed E-state index contributed by atoms with van der Waals surface area (Å²) < 4.78 is 1.68. The van der Waals surface area contributed by atoms with Crippen LogP contribution in [0.4, 0.5) is 0 Å². The molecule has 0 bridgehead atoms. The molecule has 1 aromatic heterocycles. The normalized spacial score (nSPS) is 19.3. The van der Waals surface area contributed by atoms with Crippen molar-refractivity contribution in [1.82, 2.24) is 14.8 Å². The van der Waals surface area contributed by atoms with Crippen LogP contribution in [0.25, 0.3) is 0 Å². The lowest BCUT2D eigenvalue weighted by molar-refractivity contribution is 0.0784. The molecule has 1 unspecified atom stereocenters. The highest BCUT2D eigenvalue weighted by Crippen LogP contribution is 2.26. The van der Waals surface area contributed by atoms with Crippen LogP contribution in [0.1, 0.15) is 59.1 Å². The number of hydrogen-bond acceptors (Lipinski definition) is 5. The Morgan fingerprint density at radius 2 is 1.80 bits per heavy atom. The van der Waals surface area contributed by atoms with E-state index in [1.54, 1.807) is 22.6 Å². The molecule has 35 heavy (non-hydrogen) atoms. The number of pyridine rings is 1. The number of aromatic nitrogens is 1. The zero-order valence-corrected chi connectivity index (χ0v) is 20.4. The minimum Gasteiger partial charge on any atom is -0.387 e. The molecule has 184 valence electrons. The molecule has 4 atom stereocenters. The number of rotatable bonds is 8. The van der Waals surface area contributed by atoms with Crippen LogP contribution in [0.5, 0.6) is 0 Å². The van der Waals surface area contributed by atoms with Crippen LogP contribution in [0.15, 0.2) is 72.9 Å². The molecule has 1 amide bonds. The minimum absolute atomic E-state index is 0.0520. The highest BCUT2D eigenvalue weighted by atomic mass is 16.3. The molecule has 2 heterocycles. The van der Waals surface area contributed by atoms with Crippen LogP contribution in [0.2, 0.25) is 0 Å². The minimum atomic E-state index is -0.503. The smallest absolute Gasteiger partial charge is 0.253 e. The van der Waals surface area contributed by atoms with Crippen LogP contribution < -0.4 is 16.5 Å². The van der Waals surface area contributed by atoms with Crippen molar-refractivity contribution in [3.63, 3.8) is 0 Å². The predicted molar refractivity (Wildman–Crippen MR) is 136 cm³/mol. The quantitative estimate of drug-likeness (QED) is 0.403. The molecule has 1 saturated heterocycles. The number of nitrogens with one attached hydrogen (secondary N) is 2. The average molecular weight is 474 g/mol. The maximum atomic E-state index is 13.0. The number of aliphatic hydroxyl groups is 1. The molecule has 1 aliphatic heterocycles. The Morgan fingerprint density at radius 1 is 1.11 bits per heavy atom. The topological polar surface area (TPSA) is 107 Å². The lowest BCUT2D eigenvalue weighted by Gasteiger charge is -2.21. The van der Waals surface area contributed by atoms with Gasteiger partial charge in [0.1, 0.15) is 5.49 Å². The molecule has 7 nitrogen and oxygen atoms in total. The molecule has 4 rings (SSSR count). The Kier molecular flexibility index (Phi) is 7.80. The predicted octanol–water partition coefficient (Wildman–Crippen LogP) is 3.11. The number of carbonyl (C=O) groups is 1. The number of hydrogen-bond donors (Lipinski definition) is 4. The highest BCUT2D eigenvalue weighted by molar-refractivity contribution is 5.94. The van der Waals surface area contributed by atoms with E-state index in [9.17, 15) is 9.90 Å².